The van der Waals surface area contributed by atoms with Gasteiger partial charge in [0, 0.05) is 37.0 Å². The number of ether oxygens (including phenoxy) is 1. The summed E-state index contributed by atoms with van der Waals surface area (Å²) in [6.45, 7) is 4.23. The Hall–Kier alpha value is -3.56. The van der Waals surface area contributed by atoms with E-state index in [9.17, 15) is 18.0 Å². The molecule has 3 rings (SSSR count). The van der Waals surface area contributed by atoms with E-state index in [1.165, 1.54) is 4.31 Å². The highest BCUT2D eigenvalue weighted by molar-refractivity contribution is 7.92. The molecular formula is C32H40ClN3O5S. The second-order valence-electron chi connectivity index (χ2n) is 10.3. The standard InChI is InChI=1S/C32H40ClN3O5S/c1-5-24(2)34-32(38)30(22-25-10-7-6-8-11-25)35(23-26-13-15-27(33)16-14-26)31(37)12-9-21-36(42(4,39)40)28-17-19-29(41-3)20-18-28/h6-8,10-11,13-20,24,30H,5,9,12,21-23H2,1-4H3,(H,34,38)/t24-,30+/m0/s1. The second-order valence-corrected chi connectivity index (χ2v) is 12.7. The van der Waals surface area contributed by atoms with Crippen molar-refractivity contribution >= 4 is 39.1 Å². The van der Waals surface area contributed by atoms with Crippen LogP contribution in [0.1, 0.15) is 44.2 Å². The van der Waals surface area contributed by atoms with E-state index in [1.54, 1.807) is 48.4 Å². The first-order chi connectivity index (χ1) is 20.0. The summed E-state index contributed by atoms with van der Waals surface area (Å²) in [5.41, 5.74) is 2.25. The Morgan fingerprint density at radius 1 is 0.952 bits per heavy atom. The van der Waals surface area contributed by atoms with Crippen LogP contribution >= 0.6 is 11.6 Å². The summed E-state index contributed by atoms with van der Waals surface area (Å²) in [6, 6.07) is 22.7. The molecule has 0 aliphatic heterocycles. The van der Waals surface area contributed by atoms with Crippen LogP contribution in [0.3, 0.4) is 0 Å². The lowest BCUT2D eigenvalue weighted by molar-refractivity contribution is -0.141. The van der Waals surface area contributed by atoms with E-state index in [0.29, 0.717) is 22.9 Å². The van der Waals surface area contributed by atoms with Crippen LogP contribution in [-0.4, -0.2) is 57.1 Å². The summed E-state index contributed by atoms with van der Waals surface area (Å²) in [5, 5.41) is 3.63. The maximum Gasteiger partial charge on any atom is 0.243 e. The Kier molecular flexibility index (Phi) is 12.2. The molecule has 0 saturated carbocycles. The number of nitrogens with zero attached hydrogens (tertiary/aromatic N) is 2. The van der Waals surface area contributed by atoms with Gasteiger partial charge in [-0.1, -0.05) is 61.0 Å². The molecule has 0 unspecified atom stereocenters. The molecule has 8 nitrogen and oxygen atoms in total. The normalized spacial score (nSPS) is 12.7. The molecule has 10 heteroatoms. The van der Waals surface area contributed by atoms with Gasteiger partial charge in [-0.05, 0) is 67.3 Å². The molecule has 0 bridgehead atoms. The Bertz CT molecular complexity index is 1400. The van der Waals surface area contributed by atoms with E-state index < -0.39 is 16.1 Å². The number of nitrogens with one attached hydrogen (secondary N) is 1. The number of carbonyl (C=O) groups excluding carboxylic acids is 2. The van der Waals surface area contributed by atoms with Crippen LogP contribution in [0, 0.1) is 0 Å². The van der Waals surface area contributed by atoms with Crippen molar-refractivity contribution < 1.29 is 22.7 Å². The van der Waals surface area contributed by atoms with Crippen LogP contribution in [0.2, 0.25) is 5.02 Å². The summed E-state index contributed by atoms with van der Waals surface area (Å²) < 4.78 is 31.7. The fourth-order valence-electron chi connectivity index (χ4n) is 4.53. The van der Waals surface area contributed by atoms with Gasteiger partial charge in [-0.3, -0.25) is 13.9 Å². The van der Waals surface area contributed by atoms with Gasteiger partial charge in [-0.2, -0.15) is 0 Å². The first-order valence-corrected chi connectivity index (χ1v) is 16.2. The Morgan fingerprint density at radius 2 is 1.60 bits per heavy atom. The van der Waals surface area contributed by atoms with Crippen molar-refractivity contribution in [2.45, 2.75) is 58.2 Å². The number of sulfonamides is 1. The van der Waals surface area contributed by atoms with Crippen molar-refractivity contribution in [3.05, 3.63) is 95.0 Å². The molecule has 0 saturated heterocycles. The van der Waals surface area contributed by atoms with Gasteiger partial charge in [0.25, 0.3) is 0 Å². The van der Waals surface area contributed by atoms with Crippen LogP contribution < -0.4 is 14.4 Å². The van der Waals surface area contributed by atoms with Crippen molar-refractivity contribution in [3.8, 4) is 5.75 Å². The maximum absolute atomic E-state index is 13.9. The molecule has 42 heavy (non-hydrogen) atoms. The molecule has 3 aromatic carbocycles. The number of rotatable bonds is 15. The number of benzene rings is 3. The van der Waals surface area contributed by atoms with Gasteiger partial charge in [-0.25, -0.2) is 8.42 Å². The first-order valence-electron chi connectivity index (χ1n) is 14.0. The molecule has 0 aliphatic carbocycles. The van der Waals surface area contributed by atoms with Crippen molar-refractivity contribution in [2.24, 2.45) is 0 Å². The first kappa shape index (κ1) is 32.9. The van der Waals surface area contributed by atoms with Crippen LogP contribution in [0.5, 0.6) is 5.75 Å². The van der Waals surface area contributed by atoms with Crippen molar-refractivity contribution in [1.29, 1.82) is 0 Å². The van der Waals surface area contributed by atoms with Gasteiger partial charge in [0.2, 0.25) is 21.8 Å². The zero-order chi connectivity index (χ0) is 30.7. The monoisotopic (exact) mass is 613 g/mol. The van der Waals surface area contributed by atoms with Crippen molar-refractivity contribution in [2.75, 3.05) is 24.2 Å². The molecule has 226 valence electrons. The molecule has 0 heterocycles. The lowest BCUT2D eigenvalue weighted by atomic mass is 10.0. The van der Waals surface area contributed by atoms with Crippen molar-refractivity contribution in [1.82, 2.24) is 10.2 Å². The number of amides is 2. The fraction of sp³-hybridized carbons (Fsp3) is 0.375. The fourth-order valence-corrected chi connectivity index (χ4v) is 5.63. The van der Waals surface area contributed by atoms with E-state index in [-0.39, 0.29) is 43.8 Å². The molecule has 0 spiro atoms. The van der Waals surface area contributed by atoms with Gasteiger partial charge in [-0.15, -0.1) is 0 Å². The lowest BCUT2D eigenvalue weighted by Crippen LogP contribution is -2.52. The van der Waals surface area contributed by atoms with Crippen molar-refractivity contribution in [3.63, 3.8) is 0 Å². The van der Waals surface area contributed by atoms with Crippen LogP contribution in [0.25, 0.3) is 0 Å². The third-order valence-electron chi connectivity index (χ3n) is 7.05. The average molecular weight is 614 g/mol. The molecule has 0 fully saturated rings. The molecule has 1 N–H and O–H groups in total. The third kappa shape index (κ3) is 9.77. The highest BCUT2D eigenvalue weighted by Crippen LogP contribution is 2.23. The van der Waals surface area contributed by atoms with Crippen LogP contribution in [-0.2, 0) is 32.6 Å². The highest BCUT2D eigenvalue weighted by Gasteiger charge is 2.31. The quantitative estimate of drug-likeness (QED) is 0.246. The molecule has 2 amide bonds. The van der Waals surface area contributed by atoms with Gasteiger partial charge in [0.1, 0.15) is 11.8 Å². The van der Waals surface area contributed by atoms with Gasteiger partial charge in [0.05, 0.1) is 19.1 Å². The molecule has 3 aromatic rings. The zero-order valence-electron chi connectivity index (χ0n) is 24.6. The summed E-state index contributed by atoms with van der Waals surface area (Å²) in [6.07, 6.45) is 2.55. The summed E-state index contributed by atoms with van der Waals surface area (Å²) >= 11 is 6.10. The van der Waals surface area contributed by atoms with E-state index in [1.807, 2.05) is 56.3 Å². The smallest absolute Gasteiger partial charge is 0.243 e. The minimum atomic E-state index is -3.60. The number of hydrogen-bond donors (Lipinski definition) is 1. The molecule has 2 atom stereocenters. The van der Waals surface area contributed by atoms with E-state index in [0.717, 1.165) is 23.8 Å². The van der Waals surface area contributed by atoms with Gasteiger partial charge < -0.3 is 15.0 Å². The number of methoxy groups -OCH3 is 1. The van der Waals surface area contributed by atoms with Gasteiger partial charge >= 0.3 is 0 Å². The SMILES string of the molecule is CC[C@H](C)NC(=O)[C@@H](Cc1ccccc1)N(Cc1ccc(Cl)cc1)C(=O)CCCN(c1ccc(OC)cc1)S(C)(=O)=O. The molecule has 0 radical (unpaired) electrons. The number of carbonyl (C=O) groups is 2. The van der Waals surface area contributed by atoms with Crippen LogP contribution in [0.15, 0.2) is 78.9 Å². The predicted molar refractivity (Wildman–Crippen MR) is 168 cm³/mol. The highest BCUT2D eigenvalue weighted by atomic mass is 35.5. The zero-order valence-corrected chi connectivity index (χ0v) is 26.2. The maximum atomic E-state index is 13.9. The Labute approximate surface area is 254 Å². The van der Waals surface area contributed by atoms with Gasteiger partial charge in [0.15, 0.2) is 0 Å². The second kappa shape index (κ2) is 15.6. The predicted octanol–water partition coefficient (Wildman–Crippen LogP) is 5.45. The summed E-state index contributed by atoms with van der Waals surface area (Å²) in [7, 11) is -2.06. The third-order valence-corrected chi connectivity index (χ3v) is 8.50. The summed E-state index contributed by atoms with van der Waals surface area (Å²) in [4.78, 5) is 29.1. The Morgan fingerprint density at radius 3 is 2.17 bits per heavy atom. The largest absolute Gasteiger partial charge is 0.497 e. The summed E-state index contributed by atoms with van der Waals surface area (Å²) in [5.74, 6) is 0.139. The lowest BCUT2D eigenvalue weighted by Gasteiger charge is -2.32. The average Bonchev–Trinajstić information content (AvgIpc) is 2.97. The minimum Gasteiger partial charge on any atom is -0.497 e. The van der Waals surface area contributed by atoms with E-state index in [4.69, 9.17) is 16.3 Å². The number of anilines is 1. The van der Waals surface area contributed by atoms with E-state index in [2.05, 4.69) is 5.32 Å². The minimum absolute atomic E-state index is 0.0532. The number of hydrogen-bond acceptors (Lipinski definition) is 5. The number of halogens is 1. The molecular weight excluding hydrogens is 574 g/mol. The molecule has 0 aromatic heterocycles. The topological polar surface area (TPSA) is 96.0 Å². The Balaban J connectivity index is 1.87. The molecule has 0 aliphatic rings. The van der Waals surface area contributed by atoms with E-state index >= 15 is 0 Å². The van der Waals surface area contributed by atoms with Crippen LogP contribution in [0.4, 0.5) is 5.69 Å².